The summed E-state index contributed by atoms with van der Waals surface area (Å²) in [7, 11) is 1.98. The van der Waals surface area contributed by atoms with Gasteiger partial charge in [-0.2, -0.15) is 5.10 Å². The largest absolute Gasteiger partial charge is 0.444 e. The van der Waals surface area contributed by atoms with Crippen molar-refractivity contribution in [1.82, 2.24) is 14.7 Å². The van der Waals surface area contributed by atoms with Crippen molar-refractivity contribution in [2.45, 2.75) is 45.1 Å². The number of rotatable bonds is 1. The summed E-state index contributed by atoms with van der Waals surface area (Å²) in [5.74, 6) is 0.377. The minimum Gasteiger partial charge on any atom is -0.444 e. The van der Waals surface area contributed by atoms with Crippen LogP contribution in [-0.2, 0) is 11.8 Å². The van der Waals surface area contributed by atoms with Gasteiger partial charge < -0.3 is 9.64 Å². The SMILES string of the molecule is Cn1nc(C2CCN(C(=O)OC(C)(C)C)CC2)c2cc(Br)ccc21. The van der Waals surface area contributed by atoms with Crippen molar-refractivity contribution in [2.24, 2.45) is 7.05 Å². The lowest BCUT2D eigenvalue weighted by atomic mass is 9.92. The Balaban J connectivity index is 1.73. The summed E-state index contributed by atoms with van der Waals surface area (Å²) in [6, 6.07) is 6.27. The summed E-state index contributed by atoms with van der Waals surface area (Å²) in [5.41, 5.74) is 1.83. The van der Waals surface area contributed by atoms with E-state index < -0.39 is 5.60 Å². The normalized spacial score (nSPS) is 16.6. The molecule has 0 aliphatic carbocycles. The van der Waals surface area contributed by atoms with Crippen LogP contribution < -0.4 is 0 Å². The second kappa shape index (κ2) is 6.39. The molecule has 0 atom stereocenters. The minimum absolute atomic E-state index is 0.213. The number of piperidine rings is 1. The van der Waals surface area contributed by atoms with Crippen molar-refractivity contribution in [3.05, 3.63) is 28.4 Å². The fourth-order valence-corrected chi connectivity index (χ4v) is 3.59. The molecule has 1 aliphatic rings. The maximum Gasteiger partial charge on any atom is 0.410 e. The number of fused-ring (bicyclic) bond motifs is 1. The van der Waals surface area contributed by atoms with E-state index >= 15 is 0 Å². The van der Waals surface area contributed by atoms with Gasteiger partial charge in [0.05, 0.1) is 11.2 Å². The van der Waals surface area contributed by atoms with Gasteiger partial charge in [-0.15, -0.1) is 0 Å². The molecule has 0 saturated carbocycles. The molecule has 1 amide bonds. The van der Waals surface area contributed by atoms with Crippen molar-refractivity contribution < 1.29 is 9.53 Å². The Morgan fingerprint density at radius 3 is 2.58 bits per heavy atom. The Hall–Kier alpha value is -1.56. The van der Waals surface area contributed by atoms with Crippen LogP contribution in [0.5, 0.6) is 0 Å². The Kier molecular flexibility index (Phi) is 4.60. The third-order valence-corrected chi connectivity index (χ3v) is 4.87. The Morgan fingerprint density at radius 1 is 1.29 bits per heavy atom. The van der Waals surface area contributed by atoms with Gasteiger partial charge in [-0.3, -0.25) is 4.68 Å². The first-order valence-corrected chi connectivity index (χ1v) is 9.14. The fraction of sp³-hybridized carbons (Fsp3) is 0.556. The average molecular weight is 394 g/mol. The molecule has 1 saturated heterocycles. The molecule has 1 aromatic carbocycles. The van der Waals surface area contributed by atoms with Crippen LogP contribution in [0.1, 0.15) is 45.2 Å². The van der Waals surface area contributed by atoms with Crippen molar-refractivity contribution in [2.75, 3.05) is 13.1 Å². The summed E-state index contributed by atoms with van der Waals surface area (Å²) >= 11 is 3.55. The standard InChI is InChI=1S/C18H24BrN3O2/c1-18(2,3)24-17(23)22-9-7-12(8-10-22)16-14-11-13(19)5-6-15(14)21(4)20-16/h5-6,11-12H,7-10H2,1-4H3. The highest BCUT2D eigenvalue weighted by Crippen LogP contribution is 2.33. The molecule has 0 radical (unpaired) electrons. The molecule has 3 rings (SSSR count). The van der Waals surface area contributed by atoms with Crippen LogP contribution in [-0.4, -0.2) is 39.5 Å². The van der Waals surface area contributed by atoms with E-state index in [4.69, 9.17) is 9.84 Å². The lowest BCUT2D eigenvalue weighted by Gasteiger charge is -2.33. The Bertz CT molecular complexity index is 755. The van der Waals surface area contributed by atoms with Crippen molar-refractivity contribution >= 4 is 32.9 Å². The smallest absolute Gasteiger partial charge is 0.410 e. The predicted molar refractivity (Wildman–Crippen MR) is 98.2 cm³/mol. The summed E-state index contributed by atoms with van der Waals surface area (Å²) in [5, 5.41) is 5.94. The van der Waals surface area contributed by atoms with Gasteiger partial charge in [0.15, 0.2) is 0 Å². The van der Waals surface area contributed by atoms with Crippen molar-refractivity contribution in [3.63, 3.8) is 0 Å². The summed E-state index contributed by atoms with van der Waals surface area (Å²) < 4.78 is 8.48. The molecule has 0 spiro atoms. The summed E-state index contributed by atoms with van der Waals surface area (Å²) in [4.78, 5) is 14.0. The first kappa shape index (κ1) is 17.3. The lowest BCUT2D eigenvalue weighted by Crippen LogP contribution is -2.41. The van der Waals surface area contributed by atoms with E-state index in [1.165, 1.54) is 5.39 Å². The highest BCUT2D eigenvalue weighted by Gasteiger charge is 2.29. The summed E-state index contributed by atoms with van der Waals surface area (Å²) in [6.45, 7) is 7.12. The number of nitrogens with zero attached hydrogens (tertiary/aromatic N) is 3. The number of carbonyl (C=O) groups is 1. The van der Waals surface area contributed by atoms with Crippen LogP contribution in [0.4, 0.5) is 4.79 Å². The van der Waals surface area contributed by atoms with E-state index in [1.807, 2.05) is 43.5 Å². The maximum absolute atomic E-state index is 12.2. The number of carbonyl (C=O) groups excluding carboxylic acids is 1. The zero-order valence-electron chi connectivity index (χ0n) is 14.7. The van der Waals surface area contributed by atoms with Crippen LogP contribution >= 0.6 is 15.9 Å². The van der Waals surface area contributed by atoms with Gasteiger partial charge in [0.25, 0.3) is 0 Å². The number of halogens is 1. The van der Waals surface area contributed by atoms with Gasteiger partial charge in [-0.1, -0.05) is 15.9 Å². The molecule has 0 bridgehead atoms. The lowest BCUT2D eigenvalue weighted by molar-refractivity contribution is 0.0204. The quantitative estimate of drug-likeness (QED) is 0.718. The van der Waals surface area contributed by atoms with Crippen LogP contribution in [0.25, 0.3) is 10.9 Å². The van der Waals surface area contributed by atoms with Gasteiger partial charge >= 0.3 is 6.09 Å². The zero-order valence-corrected chi connectivity index (χ0v) is 16.3. The maximum atomic E-state index is 12.2. The van der Waals surface area contributed by atoms with E-state index in [0.717, 1.165) is 28.5 Å². The van der Waals surface area contributed by atoms with E-state index in [1.54, 1.807) is 0 Å². The molecule has 2 heterocycles. The summed E-state index contributed by atoms with van der Waals surface area (Å²) in [6.07, 6.45) is 1.62. The van der Waals surface area contributed by atoms with Crippen molar-refractivity contribution in [1.29, 1.82) is 0 Å². The number of aryl methyl sites for hydroxylation is 1. The molecule has 1 fully saturated rings. The molecule has 0 unspecified atom stereocenters. The number of hydrogen-bond acceptors (Lipinski definition) is 3. The number of benzene rings is 1. The zero-order chi connectivity index (χ0) is 17.5. The van der Waals surface area contributed by atoms with E-state index in [0.29, 0.717) is 19.0 Å². The van der Waals surface area contributed by atoms with Crippen LogP contribution in [0.15, 0.2) is 22.7 Å². The van der Waals surface area contributed by atoms with Crippen molar-refractivity contribution in [3.8, 4) is 0 Å². The molecule has 24 heavy (non-hydrogen) atoms. The second-order valence-electron chi connectivity index (χ2n) is 7.41. The molecule has 1 aliphatic heterocycles. The van der Waals surface area contributed by atoms with Gasteiger partial charge in [-0.05, 0) is 51.8 Å². The molecule has 2 aromatic rings. The number of ether oxygens (including phenoxy) is 1. The number of likely N-dealkylation sites (tertiary alicyclic amines) is 1. The third-order valence-electron chi connectivity index (χ3n) is 4.37. The van der Waals surface area contributed by atoms with Gasteiger partial charge in [0, 0.05) is 35.9 Å². The number of hydrogen-bond donors (Lipinski definition) is 0. The van der Waals surface area contributed by atoms with Crippen LogP contribution in [0.2, 0.25) is 0 Å². The van der Waals surface area contributed by atoms with Gasteiger partial charge in [-0.25, -0.2) is 4.79 Å². The van der Waals surface area contributed by atoms with Gasteiger partial charge in [0.1, 0.15) is 5.60 Å². The highest BCUT2D eigenvalue weighted by atomic mass is 79.9. The molecular weight excluding hydrogens is 370 g/mol. The van der Waals surface area contributed by atoms with Crippen LogP contribution in [0, 0.1) is 0 Å². The van der Waals surface area contributed by atoms with E-state index in [9.17, 15) is 4.79 Å². The highest BCUT2D eigenvalue weighted by molar-refractivity contribution is 9.10. The van der Waals surface area contributed by atoms with Crippen LogP contribution in [0.3, 0.4) is 0 Å². The predicted octanol–water partition coefficient (Wildman–Crippen LogP) is 4.45. The number of aromatic nitrogens is 2. The Labute approximate surface area is 151 Å². The Morgan fingerprint density at radius 2 is 1.96 bits per heavy atom. The number of amides is 1. The topological polar surface area (TPSA) is 47.4 Å². The monoisotopic (exact) mass is 393 g/mol. The third kappa shape index (κ3) is 3.58. The molecule has 130 valence electrons. The minimum atomic E-state index is -0.447. The fourth-order valence-electron chi connectivity index (χ4n) is 3.23. The first-order chi connectivity index (χ1) is 11.2. The average Bonchev–Trinajstić information content (AvgIpc) is 2.82. The first-order valence-electron chi connectivity index (χ1n) is 8.35. The molecule has 1 aromatic heterocycles. The van der Waals surface area contributed by atoms with Gasteiger partial charge in [0.2, 0.25) is 0 Å². The van der Waals surface area contributed by atoms with E-state index in [-0.39, 0.29) is 6.09 Å². The molecule has 5 nitrogen and oxygen atoms in total. The molecular formula is C18H24BrN3O2. The second-order valence-corrected chi connectivity index (χ2v) is 8.33. The van der Waals surface area contributed by atoms with E-state index in [2.05, 4.69) is 28.1 Å². The molecule has 0 N–H and O–H groups in total. The molecule has 6 heteroatoms.